The fraction of sp³-hybridized carbons (Fsp3) is 0.833. The number of carbonyl (C=O) groups is 2. The molecule has 2 N–H and O–H groups in total. The second-order valence-corrected chi connectivity index (χ2v) is 5.20. The number of carboxylic acid groups (broad SMARTS) is 1. The van der Waals surface area contributed by atoms with Crippen molar-refractivity contribution in [3.8, 4) is 0 Å². The van der Waals surface area contributed by atoms with Crippen LogP contribution < -0.4 is 5.32 Å². The van der Waals surface area contributed by atoms with Crippen LogP contribution in [0.25, 0.3) is 0 Å². The molecule has 6 nitrogen and oxygen atoms in total. The Kier molecular flexibility index (Phi) is 9.42. The summed E-state index contributed by atoms with van der Waals surface area (Å²) in [5.74, 6) is -0.311. The van der Waals surface area contributed by atoms with E-state index in [-0.39, 0.29) is 12.1 Å². The van der Waals surface area contributed by atoms with E-state index in [4.69, 9.17) is 9.84 Å². The number of aliphatic carboxylic acids is 1. The molecule has 0 fully saturated rings. The summed E-state index contributed by atoms with van der Waals surface area (Å²) in [4.78, 5) is 24.7. The molecule has 0 aromatic rings. The molecule has 7 heteroatoms. The van der Waals surface area contributed by atoms with Gasteiger partial charge in [-0.05, 0) is 32.3 Å². The Morgan fingerprint density at radius 2 is 2.11 bits per heavy atom. The smallest absolute Gasteiger partial charge is 0.326 e. The minimum atomic E-state index is -1.00. The van der Waals surface area contributed by atoms with E-state index in [9.17, 15) is 9.59 Å². The van der Waals surface area contributed by atoms with E-state index in [2.05, 4.69) is 5.32 Å². The first kappa shape index (κ1) is 18.0. The second-order valence-electron chi connectivity index (χ2n) is 4.21. The molecule has 0 saturated carbocycles. The Morgan fingerprint density at radius 3 is 2.53 bits per heavy atom. The van der Waals surface area contributed by atoms with Gasteiger partial charge in [0.15, 0.2) is 0 Å². The lowest BCUT2D eigenvalue weighted by molar-refractivity contribution is -0.139. The van der Waals surface area contributed by atoms with Crippen molar-refractivity contribution in [1.82, 2.24) is 10.2 Å². The van der Waals surface area contributed by atoms with Gasteiger partial charge >= 0.3 is 12.0 Å². The van der Waals surface area contributed by atoms with E-state index in [1.165, 1.54) is 0 Å². The highest BCUT2D eigenvalue weighted by atomic mass is 32.2. The van der Waals surface area contributed by atoms with Gasteiger partial charge in [0.25, 0.3) is 0 Å². The van der Waals surface area contributed by atoms with Gasteiger partial charge in [-0.25, -0.2) is 9.59 Å². The van der Waals surface area contributed by atoms with E-state index >= 15 is 0 Å². The number of carbonyl (C=O) groups excluding carboxylic acids is 1. The summed E-state index contributed by atoms with van der Waals surface area (Å²) in [6.07, 6.45) is 2.32. The van der Waals surface area contributed by atoms with Gasteiger partial charge in [0.05, 0.1) is 12.6 Å². The summed E-state index contributed by atoms with van der Waals surface area (Å²) in [6.45, 7) is 4.64. The molecule has 0 aliphatic heterocycles. The molecule has 0 heterocycles. The molecular formula is C12H24N2O4S. The van der Waals surface area contributed by atoms with Crippen molar-refractivity contribution in [3.05, 3.63) is 0 Å². The molecule has 0 saturated heterocycles. The topological polar surface area (TPSA) is 78.9 Å². The third kappa shape index (κ3) is 6.68. The number of rotatable bonds is 9. The van der Waals surface area contributed by atoms with Crippen LogP contribution in [0.2, 0.25) is 0 Å². The summed E-state index contributed by atoms with van der Waals surface area (Å²) in [6, 6.07) is -1.30. The molecule has 0 bridgehead atoms. The highest BCUT2D eigenvalue weighted by Crippen LogP contribution is 2.04. The largest absolute Gasteiger partial charge is 0.480 e. The predicted octanol–water partition coefficient (Wildman–Crippen LogP) is 1.26. The number of amides is 2. The monoisotopic (exact) mass is 292 g/mol. The van der Waals surface area contributed by atoms with Gasteiger partial charge in [0, 0.05) is 13.7 Å². The number of nitrogens with one attached hydrogen (secondary N) is 1. The fourth-order valence-electron chi connectivity index (χ4n) is 1.71. The first-order chi connectivity index (χ1) is 8.97. The summed E-state index contributed by atoms with van der Waals surface area (Å²) in [5.41, 5.74) is 0. The summed E-state index contributed by atoms with van der Waals surface area (Å²) in [5, 5.41) is 11.6. The minimum absolute atomic E-state index is 0.0926. The number of likely N-dealkylation sites (N-methyl/N-ethyl adjacent to an activating group) is 1. The fourth-order valence-corrected chi connectivity index (χ4v) is 2.18. The first-order valence-corrected chi connectivity index (χ1v) is 7.65. The van der Waals surface area contributed by atoms with Gasteiger partial charge in [-0.2, -0.15) is 11.8 Å². The van der Waals surface area contributed by atoms with Gasteiger partial charge in [-0.3, -0.25) is 0 Å². The number of hydrogen-bond donors (Lipinski definition) is 2. The van der Waals surface area contributed by atoms with Gasteiger partial charge in [-0.1, -0.05) is 0 Å². The van der Waals surface area contributed by atoms with Crippen LogP contribution >= 0.6 is 11.8 Å². The number of carboxylic acids is 1. The van der Waals surface area contributed by atoms with Crippen LogP contribution in [-0.2, 0) is 9.53 Å². The molecule has 0 aromatic heterocycles. The maximum atomic E-state index is 12.1. The number of nitrogens with zero attached hydrogens (tertiary/aromatic N) is 1. The van der Waals surface area contributed by atoms with Crippen LogP contribution in [0.15, 0.2) is 0 Å². The van der Waals surface area contributed by atoms with Crippen LogP contribution in [0.1, 0.15) is 20.3 Å². The quantitative estimate of drug-likeness (QED) is 0.669. The summed E-state index contributed by atoms with van der Waals surface area (Å²) >= 11 is 1.55. The van der Waals surface area contributed by atoms with Crippen molar-refractivity contribution in [2.24, 2.45) is 0 Å². The SMILES string of the molecule is CCN(C(=O)NC(CCSC)C(=O)O)C(C)COC. The van der Waals surface area contributed by atoms with Crippen LogP contribution in [0.4, 0.5) is 4.79 Å². The van der Waals surface area contributed by atoms with E-state index in [1.807, 2.05) is 20.1 Å². The number of ether oxygens (including phenoxy) is 1. The van der Waals surface area contributed by atoms with Crippen molar-refractivity contribution in [3.63, 3.8) is 0 Å². The van der Waals surface area contributed by atoms with Crippen molar-refractivity contribution in [2.45, 2.75) is 32.4 Å². The number of hydrogen-bond acceptors (Lipinski definition) is 4. The Labute approximate surface area is 118 Å². The zero-order valence-corrected chi connectivity index (χ0v) is 12.8. The molecule has 0 aliphatic rings. The average molecular weight is 292 g/mol. The van der Waals surface area contributed by atoms with E-state index in [0.29, 0.717) is 25.3 Å². The molecule has 2 amide bonds. The highest BCUT2D eigenvalue weighted by molar-refractivity contribution is 7.98. The van der Waals surface area contributed by atoms with Crippen molar-refractivity contribution < 1.29 is 19.4 Å². The van der Waals surface area contributed by atoms with Crippen molar-refractivity contribution >= 4 is 23.8 Å². The molecule has 2 unspecified atom stereocenters. The molecule has 0 spiro atoms. The summed E-state index contributed by atoms with van der Waals surface area (Å²) < 4.78 is 5.01. The third-order valence-electron chi connectivity index (χ3n) is 2.75. The molecule has 112 valence electrons. The lowest BCUT2D eigenvalue weighted by Crippen LogP contribution is -2.51. The Balaban J connectivity index is 4.54. The second kappa shape index (κ2) is 9.91. The predicted molar refractivity (Wildman–Crippen MR) is 76.7 cm³/mol. The number of methoxy groups -OCH3 is 1. The lowest BCUT2D eigenvalue weighted by Gasteiger charge is -2.29. The third-order valence-corrected chi connectivity index (χ3v) is 3.39. The Bertz CT molecular complexity index is 289. The molecular weight excluding hydrogens is 268 g/mol. The number of urea groups is 1. The van der Waals surface area contributed by atoms with Crippen molar-refractivity contribution in [1.29, 1.82) is 0 Å². The van der Waals surface area contributed by atoms with E-state index in [1.54, 1.807) is 23.8 Å². The Morgan fingerprint density at radius 1 is 1.47 bits per heavy atom. The van der Waals surface area contributed by atoms with Crippen LogP contribution in [-0.4, -0.2) is 66.4 Å². The van der Waals surface area contributed by atoms with Crippen LogP contribution in [0, 0.1) is 0 Å². The van der Waals surface area contributed by atoms with Gasteiger partial charge in [-0.15, -0.1) is 0 Å². The first-order valence-electron chi connectivity index (χ1n) is 6.25. The van der Waals surface area contributed by atoms with Crippen LogP contribution in [0.3, 0.4) is 0 Å². The standard InChI is InChI=1S/C12H24N2O4S/c1-5-14(9(2)8-18-3)12(17)13-10(11(15)16)6-7-19-4/h9-10H,5-8H2,1-4H3,(H,13,17)(H,15,16). The molecule has 0 aromatic carbocycles. The minimum Gasteiger partial charge on any atom is -0.480 e. The molecule has 2 atom stereocenters. The zero-order chi connectivity index (χ0) is 14.8. The normalized spacial score (nSPS) is 13.7. The molecule has 0 radical (unpaired) electrons. The van der Waals surface area contributed by atoms with Gasteiger partial charge in [0.1, 0.15) is 6.04 Å². The van der Waals surface area contributed by atoms with Gasteiger partial charge in [0.2, 0.25) is 0 Å². The average Bonchev–Trinajstić information content (AvgIpc) is 2.35. The van der Waals surface area contributed by atoms with Crippen LogP contribution in [0.5, 0.6) is 0 Å². The zero-order valence-electron chi connectivity index (χ0n) is 12.0. The van der Waals surface area contributed by atoms with Crippen molar-refractivity contribution in [2.75, 3.05) is 32.3 Å². The molecule has 0 aliphatic carbocycles. The molecule has 0 rings (SSSR count). The highest BCUT2D eigenvalue weighted by Gasteiger charge is 2.24. The maximum Gasteiger partial charge on any atom is 0.326 e. The molecule has 19 heavy (non-hydrogen) atoms. The maximum absolute atomic E-state index is 12.1. The lowest BCUT2D eigenvalue weighted by atomic mass is 10.2. The Hall–Kier alpha value is -0.950. The van der Waals surface area contributed by atoms with E-state index in [0.717, 1.165) is 0 Å². The van der Waals surface area contributed by atoms with E-state index < -0.39 is 12.0 Å². The summed E-state index contributed by atoms with van der Waals surface area (Å²) in [7, 11) is 1.57. The number of thioether (sulfide) groups is 1. The van der Waals surface area contributed by atoms with Gasteiger partial charge < -0.3 is 20.1 Å².